The van der Waals surface area contributed by atoms with Crippen LogP contribution in [-0.4, -0.2) is 143 Å². The van der Waals surface area contributed by atoms with Gasteiger partial charge < -0.3 is 78.7 Å². The predicted molar refractivity (Wildman–Crippen MR) is 159 cm³/mol. The third-order valence-electron chi connectivity index (χ3n) is 9.48. The van der Waals surface area contributed by atoms with E-state index in [0.29, 0.717) is 24.7 Å². The van der Waals surface area contributed by atoms with Crippen LogP contribution in [0.2, 0.25) is 0 Å². The van der Waals surface area contributed by atoms with Gasteiger partial charge in [0, 0.05) is 11.8 Å². The molecule has 2 aromatic rings. The van der Waals surface area contributed by atoms with Crippen molar-refractivity contribution in [3.63, 3.8) is 0 Å². The molecule has 4 heterocycles. The minimum absolute atomic E-state index is 0.0204. The molecule has 16 nitrogen and oxygen atoms in total. The van der Waals surface area contributed by atoms with Gasteiger partial charge in [-0.15, -0.1) is 0 Å². The van der Waals surface area contributed by atoms with Gasteiger partial charge in [0.1, 0.15) is 48.8 Å². The van der Waals surface area contributed by atoms with Crippen LogP contribution in [0.3, 0.4) is 0 Å². The van der Waals surface area contributed by atoms with Gasteiger partial charge in [0.15, 0.2) is 23.0 Å². The fraction of sp³-hybridized carbons (Fsp3) is 0.625. The molecule has 6 rings (SSSR count). The maximum atomic E-state index is 10.4. The summed E-state index contributed by atoms with van der Waals surface area (Å²) in [6.07, 6.45) is -15.0. The molecule has 4 saturated heterocycles. The first-order chi connectivity index (χ1) is 23.1. The molecular weight excluding hydrogens is 640 g/mol. The summed E-state index contributed by atoms with van der Waals surface area (Å²) >= 11 is 0. The monoisotopic (exact) mass is 682 g/mol. The number of hydrogen-bond donors (Lipinski definition) is 8. The second-order valence-electron chi connectivity index (χ2n) is 12.3. The Bertz CT molecular complexity index is 1290. The van der Waals surface area contributed by atoms with Crippen LogP contribution in [0.15, 0.2) is 36.4 Å². The van der Waals surface area contributed by atoms with E-state index in [2.05, 4.69) is 0 Å². The molecule has 48 heavy (non-hydrogen) atoms. The van der Waals surface area contributed by atoms with E-state index in [1.165, 1.54) is 14.2 Å². The van der Waals surface area contributed by atoms with Crippen LogP contribution in [0.4, 0.5) is 0 Å². The molecule has 266 valence electrons. The van der Waals surface area contributed by atoms with Crippen molar-refractivity contribution in [2.45, 2.75) is 73.6 Å². The van der Waals surface area contributed by atoms with E-state index in [9.17, 15) is 40.9 Å². The summed E-state index contributed by atoms with van der Waals surface area (Å²) in [5.41, 5.74) is 1.59. The van der Waals surface area contributed by atoms with Gasteiger partial charge in [0.25, 0.3) is 0 Å². The number of aliphatic hydroxyl groups excluding tert-OH is 8. The van der Waals surface area contributed by atoms with E-state index in [-0.39, 0.29) is 35.5 Å². The van der Waals surface area contributed by atoms with Crippen molar-refractivity contribution in [2.75, 3.05) is 40.6 Å². The Morgan fingerprint density at radius 2 is 0.958 bits per heavy atom. The number of ether oxygens (including phenoxy) is 8. The molecule has 14 atom stereocenters. The van der Waals surface area contributed by atoms with Gasteiger partial charge in [-0.3, -0.25) is 0 Å². The summed E-state index contributed by atoms with van der Waals surface area (Å²) in [6, 6.07) is 10.3. The molecule has 0 aromatic heterocycles. The largest absolute Gasteiger partial charge is 0.493 e. The highest BCUT2D eigenvalue weighted by Crippen LogP contribution is 2.52. The van der Waals surface area contributed by atoms with E-state index in [1.807, 2.05) is 0 Å². The quantitative estimate of drug-likeness (QED) is 0.137. The van der Waals surface area contributed by atoms with E-state index < -0.39 is 74.6 Å². The summed E-state index contributed by atoms with van der Waals surface area (Å²) in [4.78, 5) is 0. The van der Waals surface area contributed by atoms with Crippen LogP contribution in [0.25, 0.3) is 0 Å². The van der Waals surface area contributed by atoms with Gasteiger partial charge in [0.05, 0.1) is 52.9 Å². The maximum absolute atomic E-state index is 10.4. The lowest BCUT2D eigenvalue weighted by molar-refractivity contribution is -0.277. The zero-order valence-electron chi connectivity index (χ0n) is 26.2. The van der Waals surface area contributed by atoms with E-state index in [1.54, 1.807) is 36.4 Å². The van der Waals surface area contributed by atoms with Crippen molar-refractivity contribution in [2.24, 2.45) is 11.8 Å². The minimum atomic E-state index is -1.59. The number of aliphatic hydroxyl groups is 8. The molecule has 8 N–H and O–H groups in total. The number of rotatable bonds is 10. The van der Waals surface area contributed by atoms with Crippen LogP contribution in [-0.2, 0) is 18.9 Å². The zero-order chi connectivity index (χ0) is 34.3. The predicted octanol–water partition coefficient (Wildman–Crippen LogP) is -1.86. The Morgan fingerprint density at radius 1 is 0.562 bits per heavy atom. The molecule has 4 aliphatic heterocycles. The highest BCUT2D eigenvalue weighted by molar-refractivity contribution is 5.46. The summed E-state index contributed by atoms with van der Waals surface area (Å²) in [7, 11) is 2.90. The van der Waals surface area contributed by atoms with E-state index in [4.69, 9.17) is 37.9 Å². The SMILES string of the molecule is COc1cc([C@@H]2OC[C@@H]3[C@H]2CO[C@H]3c2ccc(O[C@@H]3O[C@H](CO)[C@@H](O)[C@H](O)[C@H]3O)c(OC)c2)ccc1O[C@@H]1O[C@H](CO)[C@@H](O)[C@H](O)[C@H]1O. The van der Waals surface area contributed by atoms with Crippen molar-refractivity contribution in [3.8, 4) is 23.0 Å². The van der Waals surface area contributed by atoms with Gasteiger partial charge >= 0.3 is 0 Å². The Labute approximate surface area is 275 Å². The third-order valence-corrected chi connectivity index (χ3v) is 9.48. The second kappa shape index (κ2) is 14.6. The number of methoxy groups -OCH3 is 2. The smallest absolute Gasteiger partial charge is 0.229 e. The molecule has 4 aliphatic rings. The lowest BCUT2D eigenvalue weighted by Gasteiger charge is -2.39. The van der Waals surface area contributed by atoms with E-state index >= 15 is 0 Å². The van der Waals surface area contributed by atoms with Gasteiger partial charge in [-0.2, -0.15) is 0 Å². The molecule has 0 amide bonds. The Morgan fingerprint density at radius 3 is 1.31 bits per heavy atom. The van der Waals surface area contributed by atoms with Crippen LogP contribution < -0.4 is 18.9 Å². The lowest BCUT2D eigenvalue weighted by atomic mass is 9.85. The van der Waals surface area contributed by atoms with Gasteiger partial charge in [-0.05, 0) is 35.4 Å². The highest BCUT2D eigenvalue weighted by atomic mass is 16.7. The summed E-state index contributed by atoms with van der Waals surface area (Å²) < 4.78 is 46.1. The molecule has 0 saturated carbocycles. The molecule has 4 fully saturated rings. The van der Waals surface area contributed by atoms with Gasteiger partial charge in [0.2, 0.25) is 12.6 Å². The fourth-order valence-electron chi connectivity index (χ4n) is 6.73. The van der Waals surface area contributed by atoms with Crippen LogP contribution in [0.5, 0.6) is 23.0 Å². The van der Waals surface area contributed by atoms with Crippen LogP contribution >= 0.6 is 0 Å². The number of fused-ring (bicyclic) bond motifs is 1. The Balaban J connectivity index is 1.14. The summed E-state index contributed by atoms with van der Waals surface area (Å²) in [5, 5.41) is 80.1. The van der Waals surface area contributed by atoms with Gasteiger partial charge in [-0.1, -0.05) is 12.1 Å². The van der Waals surface area contributed by atoms with Crippen molar-refractivity contribution in [3.05, 3.63) is 47.5 Å². The maximum Gasteiger partial charge on any atom is 0.229 e. The summed E-state index contributed by atoms with van der Waals surface area (Å²) in [5.74, 6) is 0.997. The van der Waals surface area contributed by atoms with Crippen molar-refractivity contribution < 1.29 is 78.7 Å². The third kappa shape index (κ3) is 6.44. The topological polar surface area (TPSA) is 236 Å². The second-order valence-corrected chi connectivity index (χ2v) is 12.3. The van der Waals surface area contributed by atoms with E-state index in [0.717, 1.165) is 11.1 Å². The minimum Gasteiger partial charge on any atom is -0.493 e. The normalized spacial score (nSPS) is 39.5. The Kier molecular flexibility index (Phi) is 10.6. The zero-order valence-corrected chi connectivity index (χ0v) is 26.2. The summed E-state index contributed by atoms with van der Waals surface area (Å²) in [6.45, 7) is -0.371. The molecule has 2 aromatic carbocycles. The van der Waals surface area contributed by atoms with Crippen molar-refractivity contribution in [1.29, 1.82) is 0 Å². The standard InChI is InChI=1S/C32H42O16/c1-41-19-7-13(3-5-17(19)45-31-27(39)25(37)23(35)21(9-33)47-31)29-15-11-44-30(16(15)12-43-29)14-4-6-18(20(8-14)42-2)46-32-28(40)26(38)24(36)22(10-34)48-32/h3-8,15-16,21-40H,9-12H2,1-2H3/t15-,16-,21-,22-,23-,24-,25+,26+,27-,28-,29+,30+,31-,32-/m1/s1. The highest BCUT2D eigenvalue weighted by Gasteiger charge is 2.49. The van der Waals surface area contributed by atoms with Gasteiger partial charge in [-0.25, -0.2) is 0 Å². The molecule has 0 radical (unpaired) electrons. The van der Waals surface area contributed by atoms with Crippen molar-refractivity contribution in [1.82, 2.24) is 0 Å². The first-order valence-electron chi connectivity index (χ1n) is 15.6. The van der Waals surface area contributed by atoms with Crippen LogP contribution in [0, 0.1) is 11.8 Å². The Hall–Kier alpha value is -2.84. The first-order valence-corrected chi connectivity index (χ1v) is 15.6. The van der Waals surface area contributed by atoms with Crippen LogP contribution in [0.1, 0.15) is 23.3 Å². The molecular formula is C32H42O16. The lowest BCUT2D eigenvalue weighted by Crippen LogP contribution is -2.60. The molecule has 0 spiro atoms. The first kappa shape index (κ1) is 35.0. The average Bonchev–Trinajstić information content (AvgIpc) is 3.72. The molecule has 16 heteroatoms. The number of benzene rings is 2. The fourth-order valence-corrected chi connectivity index (χ4v) is 6.73. The number of hydrogen-bond acceptors (Lipinski definition) is 16. The molecule has 0 bridgehead atoms. The molecule has 0 aliphatic carbocycles. The van der Waals surface area contributed by atoms with Crippen molar-refractivity contribution >= 4 is 0 Å². The molecule has 0 unspecified atom stereocenters. The average molecular weight is 683 g/mol.